The van der Waals surface area contributed by atoms with Crippen LogP contribution in [-0.4, -0.2) is 5.78 Å². The standard InChI is InChI=1S/C12H10O/c13-12-9-5-4-8-11(12)10-6-2-1-3-7-10/h2-9H,1H2. The van der Waals surface area contributed by atoms with Gasteiger partial charge in [-0.2, -0.15) is 0 Å². The molecule has 0 heterocycles. The van der Waals surface area contributed by atoms with Crippen molar-refractivity contribution in [2.24, 2.45) is 0 Å². The average molecular weight is 170 g/mol. The predicted octanol–water partition coefficient (Wildman–Crippen LogP) is 2.49. The van der Waals surface area contributed by atoms with Crippen molar-refractivity contribution in [3.05, 3.63) is 59.8 Å². The molecule has 13 heavy (non-hydrogen) atoms. The van der Waals surface area contributed by atoms with E-state index in [-0.39, 0.29) is 5.78 Å². The molecule has 1 nitrogen and oxygen atoms in total. The molecule has 0 N–H and O–H groups in total. The topological polar surface area (TPSA) is 17.1 Å². The summed E-state index contributed by atoms with van der Waals surface area (Å²) in [5.41, 5.74) is 1.80. The number of hydrogen-bond donors (Lipinski definition) is 0. The number of ketones is 1. The SMILES string of the molecule is O=C1C=CC=CC1=C1C=CCC=C1. The summed E-state index contributed by atoms with van der Waals surface area (Å²) < 4.78 is 0. The van der Waals surface area contributed by atoms with Crippen LogP contribution < -0.4 is 0 Å². The predicted molar refractivity (Wildman–Crippen MR) is 53.2 cm³/mol. The van der Waals surface area contributed by atoms with Gasteiger partial charge in [0.1, 0.15) is 0 Å². The molecule has 0 aliphatic heterocycles. The van der Waals surface area contributed by atoms with Crippen LogP contribution in [0.5, 0.6) is 0 Å². The zero-order valence-corrected chi connectivity index (χ0v) is 7.23. The highest BCUT2D eigenvalue weighted by Gasteiger charge is 2.09. The van der Waals surface area contributed by atoms with E-state index in [2.05, 4.69) is 12.2 Å². The van der Waals surface area contributed by atoms with E-state index in [0.717, 1.165) is 17.6 Å². The number of hydrogen-bond acceptors (Lipinski definition) is 1. The lowest BCUT2D eigenvalue weighted by atomic mass is 9.97. The molecular formula is C12H10O. The fraction of sp³-hybridized carbons (Fsp3) is 0.0833. The third kappa shape index (κ3) is 1.59. The van der Waals surface area contributed by atoms with E-state index >= 15 is 0 Å². The first-order valence-corrected chi connectivity index (χ1v) is 4.34. The number of rotatable bonds is 0. The second-order valence-corrected chi connectivity index (χ2v) is 2.99. The van der Waals surface area contributed by atoms with Gasteiger partial charge in [-0.15, -0.1) is 0 Å². The van der Waals surface area contributed by atoms with Crippen LogP contribution in [0, 0.1) is 0 Å². The molecule has 2 aliphatic rings. The largest absolute Gasteiger partial charge is 0.289 e. The highest BCUT2D eigenvalue weighted by Crippen LogP contribution is 2.17. The summed E-state index contributed by atoms with van der Waals surface area (Å²) in [4.78, 5) is 11.4. The van der Waals surface area contributed by atoms with Crippen molar-refractivity contribution in [2.45, 2.75) is 6.42 Å². The Hall–Kier alpha value is -1.63. The van der Waals surface area contributed by atoms with Crippen molar-refractivity contribution >= 4 is 5.78 Å². The van der Waals surface area contributed by atoms with E-state index in [1.807, 2.05) is 24.3 Å². The van der Waals surface area contributed by atoms with Gasteiger partial charge < -0.3 is 0 Å². The molecule has 0 aromatic rings. The first-order valence-electron chi connectivity index (χ1n) is 4.34. The van der Waals surface area contributed by atoms with Crippen LogP contribution in [0.3, 0.4) is 0 Å². The molecule has 64 valence electrons. The zero-order valence-electron chi connectivity index (χ0n) is 7.23. The molecule has 0 saturated carbocycles. The first-order chi connectivity index (χ1) is 6.38. The summed E-state index contributed by atoms with van der Waals surface area (Å²) in [7, 11) is 0. The Kier molecular flexibility index (Phi) is 2.09. The summed E-state index contributed by atoms with van der Waals surface area (Å²) in [6, 6.07) is 0. The molecule has 2 rings (SSSR count). The quantitative estimate of drug-likeness (QED) is 0.510. The van der Waals surface area contributed by atoms with Crippen LogP contribution in [0.1, 0.15) is 6.42 Å². The van der Waals surface area contributed by atoms with Gasteiger partial charge in [-0.3, -0.25) is 4.79 Å². The fourth-order valence-electron chi connectivity index (χ4n) is 1.41. The summed E-state index contributed by atoms with van der Waals surface area (Å²) in [5.74, 6) is 0.0914. The Morgan fingerprint density at radius 3 is 2.31 bits per heavy atom. The zero-order chi connectivity index (χ0) is 9.10. The third-order valence-electron chi connectivity index (χ3n) is 2.07. The Morgan fingerprint density at radius 1 is 0.923 bits per heavy atom. The van der Waals surface area contributed by atoms with Gasteiger partial charge in [0.05, 0.1) is 0 Å². The normalized spacial score (nSPS) is 20.2. The maximum Gasteiger partial charge on any atom is 0.186 e. The Labute approximate surface area is 77.5 Å². The van der Waals surface area contributed by atoms with Gasteiger partial charge in [0.2, 0.25) is 0 Å². The van der Waals surface area contributed by atoms with Gasteiger partial charge in [-0.25, -0.2) is 0 Å². The molecule has 1 heteroatoms. The summed E-state index contributed by atoms with van der Waals surface area (Å²) >= 11 is 0. The van der Waals surface area contributed by atoms with Crippen LogP contribution in [-0.2, 0) is 4.79 Å². The minimum Gasteiger partial charge on any atom is -0.289 e. The molecule has 0 unspecified atom stereocenters. The van der Waals surface area contributed by atoms with Crippen molar-refractivity contribution in [1.82, 2.24) is 0 Å². The van der Waals surface area contributed by atoms with Crippen molar-refractivity contribution in [3.8, 4) is 0 Å². The lowest BCUT2D eigenvalue weighted by molar-refractivity contribution is -0.111. The maximum absolute atomic E-state index is 11.4. The molecule has 0 saturated heterocycles. The smallest absolute Gasteiger partial charge is 0.186 e. The van der Waals surface area contributed by atoms with E-state index in [1.165, 1.54) is 0 Å². The molecule has 0 fully saturated rings. The summed E-state index contributed by atoms with van der Waals surface area (Å²) in [6.07, 6.45) is 16.2. The molecule has 0 aromatic heterocycles. The van der Waals surface area contributed by atoms with E-state index in [4.69, 9.17) is 0 Å². The van der Waals surface area contributed by atoms with Crippen LogP contribution in [0.4, 0.5) is 0 Å². The lowest BCUT2D eigenvalue weighted by Gasteiger charge is -2.06. The van der Waals surface area contributed by atoms with Crippen molar-refractivity contribution in [3.63, 3.8) is 0 Å². The minimum atomic E-state index is 0.0914. The minimum absolute atomic E-state index is 0.0914. The third-order valence-corrected chi connectivity index (χ3v) is 2.07. The first kappa shape index (κ1) is 7.99. The van der Waals surface area contributed by atoms with E-state index in [0.29, 0.717) is 0 Å². The molecule has 0 atom stereocenters. The van der Waals surface area contributed by atoms with Crippen molar-refractivity contribution < 1.29 is 4.79 Å². The Morgan fingerprint density at radius 2 is 1.62 bits per heavy atom. The molecular weight excluding hydrogens is 160 g/mol. The van der Waals surface area contributed by atoms with Gasteiger partial charge >= 0.3 is 0 Å². The molecule has 2 aliphatic carbocycles. The maximum atomic E-state index is 11.4. The van der Waals surface area contributed by atoms with E-state index in [9.17, 15) is 4.79 Å². The lowest BCUT2D eigenvalue weighted by Crippen LogP contribution is -2.01. The molecule has 0 radical (unpaired) electrons. The van der Waals surface area contributed by atoms with Crippen LogP contribution in [0.15, 0.2) is 59.8 Å². The molecule has 0 amide bonds. The molecule has 0 aromatic carbocycles. The second kappa shape index (κ2) is 3.40. The van der Waals surface area contributed by atoms with Gasteiger partial charge in [0.15, 0.2) is 5.78 Å². The monoisotopic (exact) mass is 170 g/mol. The van der Waals surface area contributed by atoms with Gasteiger partial charge in [-0.1, -0.05) is 42.5 Å². The molecule has 0 spiro atoms. The van der Waals surface area contributed by atoms with Crippen molar-refractivity contribution in [1.29, 1.82) is 0 Å². The summed E-state index contributed by atoms with van der Waals surface area (Å²) in [5, 5.41) is 0. The van der Waals surface area contributed by atoms with Crippen molar-refractivity contribution in [2.75, 3.05) is 0 Å². The number of carbonyl (C=O) groups is 1. The number of carbonyl (C=O) groups excluding carboxylic acids is 1. The fourth-order valence-corrected chi connectivity index (χ4v) is 1.41. The van der Waals surface area contributed by atoms with Crippen LogP contribution >= 0.6 is 0 Å². The summed E-state index contributed by atoms with van der Waals surface area (Å²) in [6.45, 7) is 0. The van der Waals surface area contributed by atoms with Crippen LogP contribution in [0.2, 0.25) is 0 Å². The van der Waals surface area contributed by atoms with Gasteiger partial charge in [0.25, 0.3) is 0 Å². The Bertz CT molecular complexity index is 362. The molecule has 0 bridgehead atoms. The van der Waals surface area contributed by atoms with Gasteiger partial charge in [-0.05, 0) is 18.1 Å². The average Bonchev–Trinajstić information content (AvgIpc) is 2.20. The Balaban J connectivity index is 2.42. The highest BCUT2D eigenvalue weighted by molar-refractivity contribution is 6.08. The van der Waals surface area contributed by atoms with E-state index < -0.39 is 0 Å². The second-order valence-electron chi connectivity index (χ2n) is 2.99. The number of allylic oxidation sites excluding steroid dienone is 10. The van der Waals surface area contributed by atoms with E-state index in [1.54, 1.807) is 12.2 Å². The van der Waals surface area contributed by atoms with Crippen LogP contribution in [0.25, 0.3) is 0 Å². The van der Waals surface area contributed by atoms with Gasteiger partial charge in [0, 0.05) is 5.57 Å². The highest BCUT2D eigenvalue weighted by atomic mass is 16.1.